The fourth-order valence-electron chi connectivity index (χ4n) is 3.65. The van der Waals surface area contributed by atoms with Gasteiger partial charge in [-0.25, -0.2) is 4.79 Å². The lowest BCUT2D eigenvalue weighted by atomic mass is 9.90. The van der Waals surface area contributed by atoms with E-state index < -0.39 is 5.60 Å². The number of amides is 1. The highest BCUT2D eigenvalue weighted by Crippen LogP contribution is 2.44. The van der Waals surface area contributed by atoms with Crippen molar-refractivity contribution in [3.8, 4) is 5.75 Å². The van der Waals surface area contributed by atoms with Crippen LogP contribution < -0.4 is 0 Å². The number of phenols is 1. The van der Waals surface area contributed by atoms with Gasteiger partial charge >= 0.3 is 6.09 Å². The van der Waals surface area contributed by atoms with Crippen LogP contribution in [-0.4, -0.2) is 40.4 Å². The molecule has 1 aromatic carbocycles. The van der Waals surface area contributed by atoms with Gasteiger partial charge in [0, 0.05) is 6.54 Å². The summed E-state index contributed by atoms with van der Waals surface area (Å²) >= 11 is 0. The van der Waals surface area contributed by atoms with Gasteiger partial charge in [0.25, 0.3) is 0 Å². The molecule has 5 heteroatoms. The third kappa shape index (κ3) is 3.83. The zero-order valence-electron chi connectivity index (χ0n) is 14.7. The van der Waals surface area contributed by atoms with E-state index in [1.54, 1.807) is 17.0 Å². The number of hydrogen-bond acceptors (Lipinski definition) is 4. The van der Waals surface area contributed by atoms with Gasteiger partial charge in [0.15, 0.2) is 0 Å². The van der Waals surface area contributed by atoms with Gasteiger partial charge in [0.1, 0.15) is 11.4 Å². The smallest absolute Gasteiger partial charge is 0.410 e. The highest BCUT2D eigenvalue weighted by Gasteiger charge is 2.45. The monoisotopic (exact) mass is 333 g/mol. The molecule has 1 aromatic rings. The molecule has 2 fully saturated rings. The summed E-state index contributed by atoms with van der Waals surface area (Å²) in [6.45, 7) is 6.95. The van der Waals surface area contributed by atoms with E-state index in [0.717, 1.165) is 37.8 Å². The van der Waals surface area contributed by atoms with Crippen LogP contribution in [0.1, 0.15) is 58.1 Å². The maximum Gasteiger partial charge on any atom is 0.410 e. The van der Waals surface area contributed by atoms with Gasteiger partial charge in [-0.2, -0.15) is 0 Å². The molecule has 0 aromatic heterocycles. The lowest BCUT2D eigenvalue weighted by Crippen LogP contribution is -2.51. The topological polar surface area (TPSA) is 59.0 Å². The number of phenolic OH excluding ortho intramolecular Hbond substituents is 1. The summed E-state index contributed by atoms with van der Waals surface area (Å²) in [6, 6.07) is 7.25. The number of hydrogen-bond donors (Lipinski definition) is 1. The van der Waals surface area contributed by atoms with E-state index in [4.69, 9.17) is 9.47 Å². The summed E-state index contributed by atoms with van der Waals surface area (Å²) in [5, 5.41) is 9.67. The first-order valence-electron chi connectivity index (χ1n) is 8.71. The molecule has 2 aliphatic rings. The van der Waals surface area contributed by atoms with Crippen LogP contribution in [0.3, 0.4) is 0 Å². The fraction of sp³-hybridized carbons (Fsp3) is 0.632. The van der Waals surface area contributed by atoms with E-state index in [2.05, 4.69) is 0 Å². The average molecular weight is 333 g/mol. The van der Waals surface area contributed by atoms with Crippen molar-refractivity contribution in [2.24, 2.45) is 0 Å². The Morgan fingerprint density at radius 3 is 2.88 bits per heavy atom. The minimum Gasteiger partial charge on any atom is -0.508 e. The summed E-state index contributed by atoms with van der Waals surface area (Å²) in [5.74, 6) is 0.260. The molecule has 0 unspecified atom stereocenters. The first-order chi connectivity index (χ1) is 11.3. The molecule has 3 rings (SSSR count). The molecule has 2 aliphatic heterocycles. The highest BCUT2D eigenvalue weighted by molar-refractivity contribution is 5.68. The summed E-state index contributed by atoms with van der Waals surface area (Å²) in [5.41, 5.74) is 0.231. The minimum atomic E-state index is -0.484. The van der Waals surface area contributed by atoms with Crippen molar-refractivity contribution in [1.29, 1.82) is 0 Å². The highest BCUT2D eigenvalue weighted by atomic mass is 16.6. The Hall–Kier alpha value is -1.75. The van der Waals surface area contributed by atoms with Crippen molar-refractivity contribution < 1.29 is 19.4 Å². The molecule has 1 spiro atoms. The van der Waals surface area contributed by atoms with E-state index in [9.17, 15) is 9.90 Å². The first kappa shape index (κ1) is 17.1. The SMILES string of the molecule is CC(C)(C)OC(=O)N1CCC[C@@]2(CC[C@H](c3cccc(O)c3)O2)C1. The summed E-state index contributed by atoms with van der Waals surface area (Å²) < 4.78 is 11.9. The zero-order valence-corrected chi connectivity index (χ0v) is 14.7. The first-order valence-corrected chi connectivity index (χ1v) is 8.71. The number of carbonyl (C=O) groups is 1. The van der Waals surface area contributed by atoms with Crippen molar-refractivity contribution in [3.05, 3.63) is 29.8 Å². The van der Waals surface area contributed by atoms with E-state index in [1.807, 2.05) is 32.9 Å². The second-order valence-corrected chi connectivity index (χ2v) is 7.93. The average Bonchev–Trinajstić information content (AvgIpc) is 2.89. The molecule has 0 bridgehead atoms. The lowest BCUT2D eigenvalue weighted by Gasteiger charge is -2.40. The maximum atomic E-state index is 12.4. The molecule has 132 valence electrons. The number of ether oxygens (including phenoxy) is 2. The van der Waals surface area contributed by atoms with Gasteiger partial charge in [-0.05, 0) is 64.2 Å². The Kier molecular flexibility index (Phi) is 4.47. The molecule has 5 nitrogen and oxygen atoms in total. The Morgan fingerprint density at radius 1 is 1.38 bits per heavy atom. The standard InChI is InChI=1S/C19H27NO4/c1-18(2,3)24-17(22)20-11-5-9-19(13-20)10-8-16(23-19)14-6-4-7-15(21)12-14/h4,6-7,12,16,21H,5,8-11,13H2,1-3H3/t16-,19-/m1/s1. The van der Waals surface area contributed by atoms with Crippen LogP contribution in [0.25, 0.3) is 0 Å². The van der Waals surface area contributed by atoms with Crippen LogP contribution in [0.2, 0.25) is 0 Å². The normalized spacial score (nSPS) is 27.5. The third-order valence-electron chi connectivity index (χ3n) is 4.69. The van der Waals surface area contributed by atoms with E-state index in [-0.39, 0.29) is 23.5 Å². The van der Waals surface area contributed by atoms with E-state index in [0.29, 0.717) is 6.54 Å². The molecule has 0 aliphatic carbocycles. The van der Waals surface area contributed by atoms with Crippen LogP contribution in [0.5, 0.6) is 5.75 Å². The van der Waals surface area contributed by atoms with Crippen molar-refractivity contribution in [2.75, 3.05) is 13.1 Å². The van der Waals surface area contributed by atoms with Gasteiger partial charge in [-0.1, -0.05) is 12.1 Å². The van der Waals surface area contributed by atoms with Crippen molar-refractivity contribution in [2.45, 2.75) is 63.8 Å². The number of likely N-dealkylation sites (tertiary alicyclic amines) is 1. The van der Waals surface area contributed by atoms with Crippen LogP contribution in [-0.2, 0) is 9.47 Å². The van der Waals surface area contributed by atoms with Gasteiger partial charge in [-0.3, -0.25) is 0 Å². The predicted molar refractivity (Wildman–Crippen MR) is 90.9 cm³/mol. The number of nitrogens with zero attached hydrogens (tertiary/aromatic N) is 1. The van der Waals surface area contributed by atoms with Crippen LogP contribution in [0.4, 0.5) is 4.79 Å². The summed E-state index contributed by atoms with van der Waals surface area (Å²) in [6.07, 6.45) is 3.44. The Bertz CT molecular complexity index is 610. The van der Waals surface area contributed by atoms with Gasteiger partial charge in [0.05, 0.1) is 18.2 Å². The van der Waals surface area contributed by atoms with Gasteiger partial charge < -0.3 is 19.5 Å². The maximum absolute atomic E-state index is 12.4. The Labute approximate surface area is 143 Å². The Balaban J connectivity index is 1.67. The summed E-state index contributed by atoms with van der Waals surface area (Å²) in [7, 11) is 0. The Morgan fingerprint density at radius 2 is 2.17 bits per heavy atom. The summed E-state index contributed by atoms with van der Waals surface area (Å²) in [4.78, 5) is 14.1. The largest absolute Gasteiger partial charge is 0.508 e. The van der Waals surface area contributed by atoms with Gasteiger partial charge in [-0.15, -0.1) is 0 Å². The predicted octanol–water partition coefficient (Wildman–Crippen LogP) is 4.01. The molecular weight excluding hydrogens is 306 g/mol. The van der Waals surface area contributed by atoms with Crippen molar-refractivity contribution in [1.82, 2.24) is 4.90 Å². The number of benzene rings is 1. The molecule has 24 heavy (non-hydrogen) atoms. The van der Waals surface area contributed by atoms with Crippen LogP contribution in [0, 0.1) is 0 Å². The molecule has 0 radical (unpaired) electrons. The second-order valence-electron chi connectivity index (χ2n) is 7.93. The third-order valence-corrected chi connectivity index (χ3v) is 4.69. The van der Waals surface area contributed by atoms with E-state index >= 15 is 0 Å². The van der Waals surface area contributed by atoms with E-state index in [1.165, 1.54) is 0 Å². The number of rotatable bonds is 1. The zero-order chi connectivity index (χ0) is 17.4. The number of carbonyl (C=O) groups excluding carboxylic acids is 1. The van der Waals surface area contributed by atoms with Crippen LogP contribution in [0.15, 0.2) is 24.3 Å². The van der Waals surface area contributed by atoms with Crippen LogP contribution >= 0.6 is 0 Å². The molecule has 1 N–H and O–H groups in total. The molecule has 2 atom stereocenters. The van der Waals surface area contributed by atoms with Crippen molar-refractivity contribution in [3.63, 3.8) is 0 Å². The second kappa shape index (κ2) is 6.28. The van der Waals surface area contributed by atoms with Gasteiger partial charge in [0.2, 0.25) is 0 Å². The molecule has 0 saturated carbocycles. The number of aromatic hydroxyl groups is 1. The molecular formula is C19H27NO4. The fourth-order valence-corrected chi connectivity index (χ4v) is 3.65. The quantitative estimate of drug-likeness (QED) is 0.843. The minimum absolute atomic E-state index is 0.0179. The molecule has 2 heterocycles. The van der Waals surface area contributed by atoms with Crippen molar-refractivity contribution >= 4 is 6.09 Å². The molecule has 2 saturated heterocycles. The number of piperidine rings is 1. The lowest BCUT2D eigenvalue weighted by molar-refractivity contribution is -0.0858. The molecule has 1 amide bonds.